The van der Waals surface area contributed by atoms with Crippen molar-refractivity contribution in [3.8, 4) is 0 Å². The van der Waals surface area contributed by atoms with E-state index in [9.17, 15) is 0 Å². The highest BCUT2D eigenvalue weighted by atomic mass is 32.1. The summed E-state index contributed by atoms with van der Waals surface area (Å²) in [6, 6.07) is 14.9. The minimum atomic E-state index is 0.0663. The third-order valence-corrected chi connectivity index (χ3v) is 20.9. The average molecular weight is 1490 g/mol. The van der Waals surface area contributed by atoms with Gasteiger partial charge >= 0.3 is 0 Å². The monoisotopic (exact) mass is 1490 g/mol. The first-order valence-corrected chi connectivity index (χ1v) is 41.6. The first-order valence-electron chi connectivity index (χ1n) is 40.8. The van der Waals surface area contributed by atoms with E-state index in [1.807, 2.05) is 60.7 Å². The van der Waals surface area contributed by atoms with Gasteiger partial charge in [0.2, 0.25) is 0 Å². The molecule has 0 N–H and O–H groups in total. The predicted octanol–water partition coefficient (Wildman–Crippen LogP) is 30.6. The van der Waals surface area contributed by atoms with Crippen LogP contribution in [0.3, 0.4) is 0 Å². The number of thiophene rings is 1. The van der Waals surface area contributed by atoms with Gasteiger partial charge in [0, 0.05) is 87.5 Å². The lowest BCUT2D eigenvalue weighted by Gasteiger charge is -2.36. The van der Waals surface area contributed by atoms with Crippen molar-refractivity contribution in [2.45, 2.75) is 423 Å². The van der Waals surface area contributed by atoms with Crippen LogP contribution < -0.4 is 0 Å². The minimum absolute atomic E-state index is 0.0663. The van der Waals surface area contributed by atoms with Crippen LogP contribution in [-0.2, 0) is 59.6 Å². The highest BCUT2D eigenvalue weighted by Crippen LogP contribution is 2.47. The molecule has 6 aromatic heterocycles. The molecule has 0 fully saturated rings. The number of hydrogen-bond donors (Lipinski definition) is 0. The van der Waals surface area contributed by atoms with Crippen molar-refractivity contribution in [1.29, 1.82) is 0 Å². The molecular formula is C100H168N6S. The van der Waals surface area contributed by atoms with Gasteiger partial charge in [0.05, 0.1) is 11.4 Å². The van der Waals surface area contributed by atoms with E-state index in [1.54, 1.807) is 34.7 Å². The van der Waals surface area contributed by atoms with Crippen LogP contribution >= 0.6 is 11.3 Å². The Hall–Kier alpha value is -5.14. The van der Waals surface area contributed by atoms with Crippen LogP contribution in [0.5, 0.6) is 0 Å². The number of aryl methyl sites for hydroxylation is 1. The first kappa shape index (κ1) is 99.9. The van der Waals surface area contributed by atoms with Crippen LogP contribution in [-0.4, -0.2) is 29.9 Å². The normalized spacial score (nSPS) is 14.7. The van der Waals surface area contributed by atoms with E-state index >= 15 is 0 Å². The van der Waals surface area contributed by atoms with Crippen molar-refractivity contribution in [2.75, 3.05) is 0 Å². The Labute approximate surface area is 668 Å². The maximum absolute atomic E-state index is 4.52. The van der Waals surface area contributed by atoms with Crippen molar-refractivity contribution in [3.63, 3.8) is 0 Å². The van der Waals surface area contributed by atoms with E-state index < -0.39 is 0 Å². The lowest BCUT2D eigenvalue weighted by Crippen LogP contribution is -2.24. The molecule has 2 aliphatic rings. The van der Waals surface area contributed by atoms with Crippen molar-refractivity contribution < 1.29 is 0 Å². The zero-order valence-electron chi connectivity index (χ0n) is 78.8. The van der Waals surface area contributed by atoms with E-state index in [2.05, 4.69) is 384 Å². The molecule has 6 heterocycles. The molecule has 0 saturated heterocycles. The van der Waals surface area contributed by atoms with Gasteiger partial charge in [-0.05, 0) is 186 Å². The molecular weight excluding hydrogens is 1320 g/mol. The summed E-state index contributed by atoms with van der Waals surface area (Å²) in [5.41, 5.74) is 24.6. The molecule has 0 unspecified atom stereocenters. The summed E-state index contributed by atoms with van der Waals surface area (Å²) in [4.78, 5) is 27.9. The summed E-state index contributed by atoms with van der Waals surface area (Å²) in [5.74, 6) is 0. The zero-order chi connectivity index (χ0) is 84.0. The molecule has 604 valence electrons. The minimum Gasteiger partial charge on any atom is -0.264 e. The van der Waals surface area contributed by atoms with E-state index in [1.165, 1.54) is 100 Å². The third-order valence-electron chi connectivity index (χ3n) is 19.5. The molecule has 6 nitrogen and oxygen atoms in total. The molecule has 6 aromatic rings. The van der Waals surface area contributed by atoms with Gasteiger partial charge in [0.15, 0.2) is 0 Å². The molecule has 107 heavy (non-hydrogen) atoms. The van der Waals surface area contributed by atoms with E-state index in [-0.39, 0.29) is 54.1 Å². The van der Waals surface area contributed by atoms with Crippen LogP contribution in [0, 0.1) is 28.6 Å². The lowest BCUT2D eigenvalue weighted by molar-refractivity contribution is 0.389. The number of allylic oxidation sites excluding steroid dienone is 4. The molecule has 8 rings (SSSR count). The standard InChI is InChI=1S/C14H26.4C13H21N.C13H24.C12H20N2.C9H14S/c1-13(2,3)11-9-7-8-10-12(11)14(4,5)6;2*1-12(2,3)10-7-8-14-9-11(10)13(4,5)6;2*1-12(2,3)10-8-7-9-14-11(10)13(4,5)6;1-12(2,3)10-8-7-9-11(10)13(4,5)6;1-11(2,3)9-10(12(4,5)6)14-8-7-13-9;1-7-5-6-10-8(7)9(2,3)4/h7-10H2,1-6H3;4*7-9H,1-6H3;7-9H2,1-6H3;7-8H,1-6H3;5-6H,1-4H3. The predicted molar refractivity (Wildman–Crippen MR) is 478 cm³/mol. The summed E-state index contributed by atoms with van der Waals surface area (Å²) in [7, 11) is 0. The van der Waals surface area contributed by atoms with Crippen LogP contribution in [0.1, 0.15) is 423 Å². The Morgan fingerprint density at radius 2 is 0.486 bits per heavy atom. The van der Waals surface area contributed by atoms with Gasteiger partial charge in [0.1, 0.15) is 0 Å². The summed E-state index contributed by atoms with van der Waals surface area (Å²) in [6.07, 6.45) is 24.6. The Balaban J connectivity index is 0.000000612. The largest absolute Gasteiger partial charge is 0.264 e. The van der Waals surface area contributed by atoms with Crippen LogP contribution in [0.4, 0.5) is 0 Å². The fourth-order valence-corrected chi connectivity index (χ4v) is 15.1. The van der Waals surface area contributed by atoms with E-state index in [4.69, 9.17) is 0 Å². The Morgan fingerprint density at radius 1 is 0.234 bits per heavy atom. The highest BCUT2D eigenvalue weighted by molar-refractivity contribution is 7.10. The van der Waals surface area contributed by atoms with Crippen molar-refractivity contribution >= 4 is 11.3 Å². The quantitative estimate of drug-likeness (QED) is 0.141. The second-order valence-electron chi connectivity index (χ2n) is 46.1. The fraction of sp³-hybridized carbons (Fsp3) is 0.680. The second kappa shape index (κ2) is 37.9. The SMILES string of the molecule is CC(C)(C)C1=C(C(C)(C)C)CCC1.CC(C)(C)C1=C(C(C)(C)C)CCCC1.CC(C)(C)c1cccnc1C(C)(C)C.CC(C)(C)c1cccnc1C(C)(C)C.CC(C)(C)c1ccncc1C(C)(C)C.CC(C)(C)c1ccncc1C(C)(C)C.CC(C)(C)c1nccnc1C(C)(C)C.Cc1ccsc1C(C)(C)C. The number of hydrogen-bond acceptors (Lipinski definition) is 7. The molecule has 0 spiro atoms. The summed E-state index contributed by atoms with van der Waals surface area (Å²) in [6.45, 7) is 104. The van der Waals surface area contributed by atoms with Crippen LogP contribution in [0.2, 0.25) is 0 Å². The van der Waals surface area contributed by atoms with Gasteiger partial charge in [-0.2, -0.15) is 0 Å². The van der Waals surface area contributed by atoms with Gasteiger partial charge in [-0.3, -0.25) is 29.9 Å². The Kier molecular flexibility index (Phi) is 35.4. The average Bonchev–Trinajstić information content (AvgIpc) is 1.83. The number of pyridine rings is 4. The van der Waals surface area contributed by atoms with Gasteiger partial charge in [0.25, 0.3) is 0 Å². The van der Waals surface area contributed by atoms with Gasteiger partial charge < -0.3 is 0 Å². The number of nitrogens with zero attached hydrogens (tertiary/aromatic N) is 6. The van der Waals surface area contributed by atoms with Gasteiger partial charge in [-0.15, -0.1) is 11.3 Å². The highest BCUT2D eigenvalue weighted by Gasteiger charge is 2.34. The van der Waals surface area contributed by atoms with Crippen LogP contribution in [0.15, 0.2) is 120 Å². The number of rotatable bonds is 0. The molecule has 0 radical (unpaired) electrons. The Morgan fingerprint density at radius 3 is 0.673 bits per heavy atom. The summed E-state index contributed by atoms with van der Waals surface area (Å²) >= 11 is 1.86. The molecule has 0 aromatic carbocycles. The number of aromatic nitrogens is 6. The Bertz CT molecular complexity index is 3110. The van der Waals surface area contributed by atoms with E-state index in [0.717, 1.165) is 11.4 Å². The van der Waals surface area contributed by atoms with Crippen molar-refractivity contribution in [1.82, 2.24) is 29.9 Å². The molecule has 0 saturated carbocycles. The van der Waals surface area contributed by atoms with E-state index in [0.29, 0.717) is 27.1 Å². The molecule has 7 heteroatoms. The van der Waals surface area contributed by atoms with Gasteiger partial charge in [-0.1, -0.05) is 346 Å². The topological polar surface area (TPSA) is 77.3 Å². The smallest absolute Gasteiger partial charge is 0.0677 e. The van der Waals surface area contributed by atoms with Crippen molar-refractivity contribution in [3.05, 3.63) is 186 Å². The summed E-state index contributed by atoms with van der Waals surface area (Å²) < 4.78 is 0. The maximum Gasteiger partial charge on any atom is 0.0677 e. The third kappa shape index (κ3) is 33.8. The fourth-order valence-electron chi connectivity index (χ4n) is 14.0. The first-order chi connectivity index (χ1) is 47.6. The zero-order valence-corrected chi connectivity index (χ0v) is 79.6. The van der Waals surface area contributed by atoms with Gasteiger partial charge in [-0.25, -0.2) is 0 Å². The van der Waals surface area contributed by atoms with Crippen LogP contribution in [0.25, 0.3) is 0 Å². The lowest BCUT2D eigenvalue weighted by atomic mass is 9.69. The molecule has 0 atom stereocenters. The summed E-state index contributed by atoms with van der Waals surface area (Å²) in [5, 5.41) is 2.16. The maximum atomic E-state index is 4.52. The molecule has 0 aliphatic heterocycles. The molecule has 0 bridgehead atoms. The molecule has 0 amide bonds. The molecule has 2 aliphatic carbocycles. The van der Waals surface area contributed by atoms with Crippen molar-refractivity contribution in [2.24, 2.45) is 21.7 Å². The second-order valence-corrected chi connectivity index (χ2v) is 47.0.